The molecule has 0 aliphatic carbocycles. The van der Waals surface area contributed by atoms with Gasteiger partial charge in [-0.2, -0.15) is 5.26 Å². The summed E-state index contributed by atoms with van der Waals surface area (Å²) in [5, 5.41) is 8.84. The van der Waals surface area contributed by atoms with Gasteiger partial charge in [-0.05, 0) is 64.2 Å². The van der Waals surface area contributed by atoms with Crippen LogP contribution in [0.1, 0.15) is 22.8 Å². The van der Waals surface area contributed by atoms with Crippen molar-refractivity contribution < 1.29 is 9.53 Å². The second kappa shape index (κ2) is 5.65. The predicted octanol–water partition coefficient (Wildman–Crippen LogP) is 2.94. The van der Waals surface area contributed by atoms with Crippen LogP contribution in [0.4, 0.5) is 0 Å². The minimum atomic E-state index is -0.372. The molecule has 3 nitrogen and oxygen atoms in total. The van der Waals surface area contributed by atoms with Gasteiger partial charge in [-0.1, -0.05) is 0 Å². The Morgan fingerprint density at radius 3 is 2.73 bits per heavy atom. The van der Waals surface area contributed by atoms with E-state index in [9.17, 15) is 4.79 Å². The highest BCUT2D eigenvalue weighted by Crippen LogP contribution is 2.23. The van der Waals surface area contributed by atoms with Gasteiger partial charge < -0.3 is 4.74 Å². The molecule has 0 saturated heterocycles. The number of carbonyl (C=O) groups is 1. The highest BCUT2D eigenvalue weighted by atomic mass is 127. The molecule has 0 spiro atoms. The second-order valence-corrected chi connectivity index (χ2v) is 4.86. The smallest absolute Gasteiger partial charge is 0.340 e. The monoisotopic (exact) mass is 427 g/mol. The van der Waals surface area contributed by atoms with Crippen molar-refractivity contribution in [1.29, 1.82) is 5.26 Å². The molecule has 1 rings (SSSR count). The van der Waals surface area contributed by atoms with E-state index < -0.39 is 0 Å². The molecule has 0 aromatic heterocycles. The van der Waals surface area contributed by atoms with Gasteiger partial charge in [-0.15, -0.1) is 0 Å². The van der Waals surface area contributed by atoms with Crippen LogP contribution in [0.15, 0.2) is 12.1 Å². The van der Waals surface area contributed by atoms with Gasteiger partial charge in [0.15, 0.2) is 0 Å². The van der Waals surface area contributed by atoms with Crippen LogP contribution in [0.2, 0.25) is 0 Å². The molecule has 0 heterocycles. The van der Waals surface area contributed by atoms with E-state index in [1.165, 1.54) is 0 Å². The lowest BCUT2D eigenvalue weighted by atomic mass is 10.1. The Morgan fingerprint density at radius 2 is 2.20 bits per heavy atom. The topological polar surface area (TPSA) is 50.1 Å². The molecule has 0 aliphatic heterocycles. The summed E-state index contributed by atoms with van der Waals surface area (Å²) in [6.07, 6.45) is 0. The summed E-state index contributed by atoms with van der Waals surface area (Å²) < 4.78 is 6.38. The first kappa shape index (κ1) is 12.7. The summed E-state index contributed by atoms with van der Waals surface area (Å²) in [6.45, 7) is 2.09. The van der Waals surface area contributed by atoms with E-state index in [4.69, 9.17) is 10.00 Å². The molecule has 0 atom stereocenters. The molecule has 0 saturated carbocycles. The van der Waals surface area contributed by atoms with Crippen molar-refractivity contribution in [2.45, 2.75) is 6.92 Å². The van der Waals surface area contributed by atoms with Gasteiger partial charge in [-0.3, -0.25) is 0 Å². The van der Waals surface area contributed by atoms with Gasteiger partial charge >= 0.3 is 5.97 Å². The van der Waals surface area contributed by atoms with Crippen LogP contribution < -0.4 is 0 Å². The van der Waals surface area contributed by atoms with Gasteiger partial charge in [0.2, 0.25) is 0 Å². The quantitative estimate of drug-likeness (QED) is 0.539. The van der Waals surface area contributed by atoms with E-state index >= 15 is 0 Å². The van der Waals surface area contributed by atoms with Crippen molar-refractivity contribution in [3.8, 4) is 6.07 Å². The minimum Gasteiger partial charge on any atom is -0.462 e. The molecule has 0 unspecified atom stereocenters. The van der Waals surface area contributed by atoms with Gasteiger partial charge in [0.05, 0.1) is 17.7 Å². The van der Waals surface area contributed by atoms with Crippen LogP contribution in [-0.2, 0) is 4.74 Å². The molecule has 1 aromatic rings. The molecule has 0 aliphatic rings. The Labute approximate surface area is 115 Å². The third kappa shape index (κ3) is 2.81. The molecule has 78 valence electrons. The maximum atomic E-state index is 11.6. The van der Waals surface area contributed by atoms with Crippen LogP contribution in [0.3, 0.4) is 0 Å². The molecule has 15 heavy (non-hydrogen) atoms. The number of ether oxygens (including phenoxy) is 1. The zero-order valence-corrected chi connectivity index (χ0v) is 12.2. The van der Waals surface area contributed by atoms with Crippen molar-refractivity contribution in [3.05, 3.63) is 30.4 Å². The molecule has 5 heteroatoms. The maximum absolute atomic E-state index is 11.6. The number of hydrogen-bond donors (Lipinski definition) is 0. The number of hydrogen-bond acceptors (Lipinski definition) is 3. The zero-order valence-electron chi connectivity index (χ0n) is 7.88. The lowest BCUT2D eigenvalue weighted by Gasteiger charge is -2.07. The fourth-order valence-electron chi connectivity index (χ4n) is 1.03. The maximum Gasteiger partial charge on any atom is 0.340 e. The lowest BCUT2D eigenvalue weighted by molar-refractivity contribution is 0.0524. The summed E-state index contributed by atoms with van der Waals surface area (Å²) in [5.74, 6) is -0.372. The summed E-state index contributed by atoms with van der Waals surface area (Å²) in [5.41, 5.74) is 0.983. The number of esters is 1. The van der Waals surface area contributed by atoms with E-state index in [-0.39, 0.29) is 5.97 Å². The molecular weight excluding hydrogens is 420 g/mol. The van der Waals surface area contributed by atoms with E-state index in [0.717, 1.165) is 3.57 Å². The summed E-state index contributed by atoms with van der Waals surface area (Å²) in [6, 6.07) is 5.49. The summed E-state index contributed by atoms with van der Waals surface area (Å²) in [7, 11) is 0. The lowest BCUT2D eigenvalue weighted by Crippen LogP contribution is -2.10. The fraction of sp³-hybridized carbons (Fsp3) is 0.200. The Kier molecular flexibility index (Phi) is 4.79. The number of benzene rings is 1. The molecule has 0 fully saturated rings. The molecule has 0 amide bonds. The Bertz CT molecular complexity index is 438. The van der Waals surface area contributed by atoms with E-state index in [2.05, 4.69) is 22.6 Å². The fourth-order valence-corrected chi connectivity index (χ4v) is 3.03. The first-order valence-electron chi connectivity index (χ1n) is 4.17. The van der Waals surface area contributed by atoms with Crippen LogP contribution in [-0.4, -0.2) is 12.6 Å². The highest BCUT2D eigenvalue weighted by Gasteiger charge is 2.17. The Balaban J connectivity index is 3.28. The Hall–Kier alpha value is -0.360. The van der Waals surface area contributed by atoms with Crippen LogP contribution >= 0.6 is 45.2 Å². The largest absolute Gasteiger partial charge is 0.462 e. The standard InChI is InChI=1S/C10H7I2NO2/c1-2-15-10(14)8-7(11)4-3-6(5-13)9(8)12/h3-4H,2H2,1H3. The number of rotatable bonds is 2. The SMILES string of the molecule is CCOC(=O)c1c(I)ccc(C#N)c1I. The molecular formula is C10H7I2NO2. The van der Waals surface area contributed by atoms with Crippen molar-refractivity contribution in [2.24, 2.45) is 0 Å². The van der Waals surface area contributed by atoms with Crippen molar-refractivity contribution in [2.75, 3.05) is 6.61 Å². The minimum absolute atomic E-state index is 0.335. The molecule has 0 radical (unpaired) electrons. The zero-order chi connectivity index (χ0) is 11.4. The second-order valence-electron chi connectivity index (χ2n) is 2.62. The predicted molar refractivity (Wildman–Crippen MR) is 72.5 cm³/mol. The van der Waals surface area contributed by atoms with Crippen LogP contribution in [0, 0.1) is 18.5 Å². The molecule has 1 aromatic carbocycles. The average Bonchev–Trinajstić information content (AvgIpc) is 2.18. The Morgan fingerprint density at radius 1 is 1.53 bits per heavy atom. The van der Waals surface area contributed by atoms with Crippen LogP contribution in [0.5, 0.6) is 0 Å². The summed E-state index contributed by atoms with van der Waals surface area (Å²) in [4.78, 5) is 11.6. The number of carbonyl (C=O) groups excluding carboxylic acids is 1. The molecule has 0 bridgehead atoms. The van der Waals surface area contributed by atoms with Gasteiger partial charge in [0.25, 0.3) is 0 Å². The molecule has 0 N–H and O–H groups in total. The van der Waals surface area contributed by atoms with E-state index in [1.54, 1.807) is 19.1 Å². The van der Waals surface area contributed by atoms with Crippen molar-refractivity contribution in [1.82, 2.24) is 0 Å². The number of nitriles is 1. The number of halogens is 2. The van der Waals surface area contributed by atoms with Crippen molar-refractivity contribution >= 4 is 51.2 Å². The normalized spacial score (nSPS) is 9.47. The van der Waals surface area contributed by atoms with Crippen LogP contribution in [0.25, 0.3) is 0 Å². The first-order valence-corrected chi connectivity index (χ1v) is 6.32. The van der Waals surface area contributed by atoms with E-state index in [0.29, 0.717) is 21.3 Å². The highest BCUT2D eigenvalue weighted by molar-refractivity contribution is 14.1. The van der Waals surface area contributed by atoms with Gasteiger partial charge in [0, 0.05) is 7.14 Å². The van der Waals surface area contributed by atoms with E-state index in [1.807, 2.05) is 28.7 Å². The van der Waals surface area contributed by atoms with Gasteiger partial charge in [0.1, 0.15) is 6.07 Å². The van der Waals surface area contributed by atoms with Gasteiger partial charge in [-0.25, -0.2) is 4.79 Å². The third-order valence-corrected chi connectivity index (χ3v) is 3.71. The summed E-state index contributed by atoms with van der Waals surface area (Å²) >= 11 is 4.05. The first-order chi connectivity index (χ1) is 7.11. The third-order valence-electron chi connectivity index (χ3n) is 1.69. The van der Waals surface area contributed by atoms with Crippen molar-refractivity contribution in [3.63, 3.8) is 0 Å². The average molecular weight is 427 g/mol. The number of nitrogens with zero attached hydrogens (tertiary/aromatic N) is 1.